The molecule has 4 rings (SSSR count). The van der Waals surface area contributed by atoms with Crippen molar-refractivity contribution in [3.8, 4) is 0 Å². The number of amides is 2. The maximum atomic E-state index is 12.9. The third-order valence-electron chi connectivity index (χ3n) is 4.71. The summed E-state index contributed by atoms with van der Waals surface area (Å²) in [7, 11) is 0. The molecule has 1 aromatic carbocycles. The summed E-state index contributed by atoms with van der Waals surface area (Å²) in [5.74, 6) is -0.191. The minimum Gasteiger partial charge on any atom is -0.349 e. The van der Waals surface area contributed by atoms with Gasteiger partial charge in [0.05, 0.1) is 12.2 Å². The van der Waals surface area contributed by atoms with Crippen molar-refractivity contribution in [2.75, 3.05) is 0 Å². The highest BCUT2D eigenvalue weighted by molar-refractivity contribution is 8.01. The van der Waals surface area contributed by atoms with E-state index in [0.717, 1.165) is 11.3 Å². The zero-order valence-electron chi connectivity index (χ0n) is 14.1. The second kappa shape index (κ2) is 5.88. The molecule has 0 saturated carbocycles. The molecule has 5 nitrogen and oxygen atoms in total. The molecule has 2 atom stereocenters. The normalized spacial score (nSPS) is 23.3. The first-order chi connectivity index (χ1) is 12.0. The highest BCUT2D eigenvalue weighted by Crippen LogP contribution is 2.56. The van der Waals surface area contributed by atoms with E-state index in [-0.39, 0.29) is 21.9 Å². The first-order valence-corrected chi connectivity index (χ1v) is 9.14. The molecule has 6 heteroatoms. The molecule has 0 radical (unpaired) electrons. The lowest BCUT2D eigenvalue weighted by molar-refractivity contribution is -0.126. The minimum atomic E-state index is -0.508. The van der Waals surface area contributed by atoms with Crippen LogP contribution in [0.15, 0.2) is 48.7 Å². The Labute approximate surface area is 150 Å². The number of hydrogen-bond donors (Lipinski definition) is 1. The van der Waals surface area contributed by atoms with Gasteiger partial charge in [-0.25, -0.2) is 0 Å². The maximum absolute atomic E-state index is 12.9. The Hall–Kier alpha value is -2.34. The van der Waals surface area contributed by atoms with E-state index >= 15 is 0 Å². The highest BCUT2D eigenvalue weighted by Gasteiger charge is 2.57. The highest BCUT2D eigenvalue weighted by atomic mass is 32.2. The second-order valence-electron chi connectivity index (χ2n) is 6.81. The smallest absolute Gasteiger partial charge is 0.256 e. The molecule has 0 spiro atoms. The fourth-order valence-corrected chi connectivity index (χ4v) is 5.17. The lowest BCUT2D eigenvalue weighted by Gasteiger charge is -2.29. The molecule has 2 aliphatic rings. The van der Waals surface area contributed by atoms with Crippen molar-refractivity contribution in [1.29, 1.82) is 0 Å². The standard InChI is InChI=1S/C19H19N3O2S/c1-19(2)15(16(23)21-11-12-7-5-6-10-20-12)22-17(24)13-8-3-4-9-14(13)18(22)25-19/h3-10,15,18H,11H2,1-2H3,(H,21,23)/t15-,18+/m0/s1. The van der Waals surface area contributed by atoms with Crippen LogP contribution in [0, 0.1) is 0 Å². The fourth-order valence-electron chi connectivity index (χ4n) is 3.58. The number of fused-ring (bicyclic) bond motifs is 3. The lowest BCUT2D eigenvalue weighted by atomic mass is 10.0. The Morgan fingerprint density at radius 1 is 1.24 bits per heavy atom. The van der Waals surface area contributed by atoms with E-state index < -0.39 is 6.04 Å². The molecule has 128 valence electrons. The Bertz CT molecular complexity index is 838. The number of carbonyl (C=O) groups is 2. The third kappa shape index (κ3) is 2.61. The molecule has 1 aromatic heterocycles. The Balaban J connectivity index is 1.59. The quantitative estimate of drug-likeness (QED) is 0.922. The summed E-state index contributed by atoms with van der Waals surface area (Å²) in [5, 5.41) is 2.85. The van der Waals surface area contributed by atoms with Crippen LogP contribution in [0.1, 0.15) is 40.8 Å². The zero-order chi connectivity index (χ0) is 17.6. The van der Waals surface area contributed by atoms with E-state index in [1.54, 1.807) is 22.9 Å². The molecule has 0 aliphatic carbocycles. The summed E-state index contributed by atoms with van der Waals surface area (Å²) < 4.78 is -0.359. The average molecular weight is 353 g/mol. The van der Waals surface area contributed by atoms with Gasteiger partial charge >= 0.3 is 0 Å². The Morgan fingerprint density at radius 3 is 2.76 bits per heavy atom. The van der Waals surface area contributed by atoms with Crippen molar-refractivity contribution in [3.63, 3.8) is 0 Å². The van der Waals surface area contributed by atoms with Crippen LogP contribution in [0.25, 0.3) is 0 Å². The molecule has 1 fully saturated rings. The van der Waals surface area contributed by atoms with Gasteiger partial charge in [-0.15, -0.1) is 11.8 Å². The van der Waals surface area contributed by atoms with Crippen LogP contribution >= 0.6 is 11.8 Å². The van der Waals surface area contributed by atoms with Gasteiger partial charge in [0, 0.05) is 16.5 Å². The van der Waals surface area contributed by atoms with Gasteiger partial charge in [-0.2, -0.15) is 0 Å². The van der Waals surface area contributed by atoms with Crippen molar-refractivity contribution >= 4 is 23.6 Å². The molecule has 3 heterocycles. The predicted molar refractivity (Wildman–Crippen MR) is 96.9 cm³/mol. The molecular weight excluding hydrogens is 334 g/mol. The first-order valence-electron chi connectivity index (χ1n) is 8.26. The summed E-state index contributed by atoms with van der Waals surface area (Å²) in [6, 6.07) is 12.7. The van der Waals surface area contributed by atoms with E-state index in [1.165, 1.54) is 0 Å². The van der Waals surface area contributed by atoms with Crippen LogP contribution in [0.5, 0.6) is 0 Å². The summed E-state index contributed by atoms with van der Waals surface area (Å²) in [6.45, 7) is 4.41. The van der Waals surface area contributed by atoms with E-state index in [9.17, 15) is 9.59 Å². The van der Waals surface area contributed by atoms with Gasteiger partial charge in [-0.1, -0.05) is 24.3 Å². The molecule has 0 bridgehead atoms. The Kier molecular flexibility index (Phi) is 3.80. The second-order valence-corrected chi connectivity index (χ2v) is 8.55. The fraction of sp³-hybridized carbons (Fsp3) is 0.316. The lowest BCUT2D eigenvalue weighted by Crippen LogP contribution is -2.52. The van der Waals surface area contributed by atoms with Gasteiger partial charge in [0.1, 0.15) is 11.4 Å². The maximum Gasteiger partial charge on any atom is 0.256 e. The zero-order valence-corrected chi connectivity index (χ0v) is 14.9. The molecule has 2 aromatic rings. The van der Waals surface area contributed by atoms with Gasteiger partial charge < -0.3 is 10.2 Å². The van der Waals surface area contributed by atoms with Crippen LogP contribution in [-0.2, 0) is 11.3 Å². The summed E-state index contributed by atoms with van der Waals surface area (Å²) in [5.41, 5.74) is 2.51. The van der Waals surface area contributed by atoms with Crippen molar-refractivity contribution in [3.05, 3.63) is 65.5 Å². The van der Waals surface area contributed by atoms with E-state index in [2.05, 4.69) is 10.3 Å². The molecule has 2 amide bonds. The number of nitrogens with zero attached hydrogens (tertiary/aromatic N) is 2. The van der Waals surface area contributed by atoms with Crippen molar-refractivity contribution in [1.82, 2.24) is 15.2 Å². The number of hydrogen-bond acceptors (Lipinski definition) is 4. The van der Waals surface area contributed by atoms with E-state index in [4.69, 9.17) is 0 Å². The van der Waals surface area contributed by atoms with Gasteiger partial charge in [-0.05, 0) is 37.6 Å². The molecule has 25 heavy (non-hydrogen) atoms. The van der Waals surface area contributed by atoms with E-state index in [1.807, 2.05) is 56.3 Å². The average Bonchev–Trinajstić information content (AvgIpc) is 3.04. The van der Waals surface area contributed by atoms with Crippen LogP contribution in [0.3, 0.4) is 0 Å². The predicted octanol–water partition coefficient (Wildman–Crippen LogP) is 2.75. The minimum absolute atomic E-state index is 0.0586. The molecule has 0 unspecified atom stereocenters. The topological polar surface area (TPSA) is 62.3 Å². The largest absolute Gasteiger partial charge is 0.349 e. The Morgan fingerprint density at radius 2 is 2.00 bits per heavy atom. The monoisotopic (exact) mass is 353 g/mol. The van der Waals surface area contributed by atoms with Crippen LogP contribution < -0.4 is 5.32 Å². The van der Waals surface area contributed by atoms with Crippen molar-refractivity contribution < 1.29 is 9.59 Å². The molecule has 2 aliphatic heterocycles. The summed E-state index contributed by atoms with van der Waals surface area (Å²) in [4.78, 5) is 31.8. The van der Waals surface area contributed by atoms with Crippen LogP contribution in [0.4, 0.5) is 0 Å². The van der Waals surface area contributed by atoms with Crippen LogP contribution in [0.2, 0.25) is 0 Å². The van der Waals surface area contributed by atoms with E-state index in [0.29, 0.717) is 12.1 Å². The molecule has 1 saturated heterocycles. The van der Waals surface area contributed by atoms with Gasteiger partial charge in [0.15, 0.2) is 0 Å². The molecule has 1 N–H and O–H groups in total. The number of benzene rings is 1. The number of thioether (sulfide) groups is 1. The van der Waals surface area contributed by atoms with Gasteiger partial charge in [-0.3, -0.25) is 14.6 Å². The number of aromatic nitrogens is 1. The SMILES string of the molecule is CC1(C)S[C@@H]2c3ccccc3C(=O)N2[C@H]1C(=O)NCc1ccccn1. The molecular formula is C19H19N3O2S. The number of carbonyl (C=O) groups excluding carboxylic acids is 2. The number of nitrogens with one attached hydrogen (secondary N) is 1. The summed E-state index contributed by atoms with van der Waals surface area (Å²) >= 11 is 1.67. The van der Waals surface area contributed by atoms with Gasteiger partial charge in [0.2, 0.25) is 5.91 Å². The summed E-state index contributed by atoms with van der Waals surface area (Å²) in [6.07, 6.45) is 1.70. The number of rotatable bonds is 3. The van der Waals surface area contributed by atoms with Crippen molar-refractivity contribution in [2.24, 2.45) is 0 Å². The van der Waals surface area contributed by atoms with Crippen LogP contribution in [-0.4, -0.2) is 32.5 Å². The van der Waals surface area contributed by atoms with Crippen molar-refractivity contribution in [2.45, 2.75) is 36.6 Å². The third-order valence-corrected chi connectivity index (χ3v) is 6.25. The number of pyridine rings is 1. The first kappa shape index (κ1) is 16.1. The van der Waals surface area contributed by atoms with Gasteiger partial charge in [0.25, 0.3) is 5.91 Å².